The van der Waals surface area contributed by atoms with Crippen molar-refractivity contribution in [2.75, 3.05) is 0 Å². The van der Waals surface area contributed by atoms with Crippen molar-refractivity contribution in [2.24, 2.45) is 0 Å². The molecule has 2 rings (SSSR count). The molecule has 2 aromatic rings. The number of non-ortho nitro benzene ring substituents is 1. The van der Waals surface area contributed by atoms with Crippen molar-refractivity contribution in [1.82, 2.24) is 0 Å². The summed E-state index contributed by atoms with van der Waals surface area (Å²) in [5, 5.41) is 10.8. The summed E-state index contributed by atoms with van der Waals surface area (Å²) < 4.78 is 18.9. The largest absolute Gasteiger partial charge is 0.488 e. The predicted octanol–water partition coefficient (Wildman–Crippen LogP) is 4.73. The number of nitro benzene ring substituents is 1. The molecule has 4 nitrogen and oxygen atoms in total. The van der Waals surface area contributed by atoms with E-state index in [0.717, 1.165) is 0 Å². The van der Waals surface area contributed by atoms with Crippen LogP contribution in [0.2, 0.25) is 5.02 Å². The highest BCUT2D eigenvalue weighted by molar-refractivity contribution is 9.10. The molecule has 0 bridgehead atoms. The van der Waals surface area contributed by atoms with Crippen LogP contribution in [0.15, 0.2) is 40.9 Å². The zero-order valence-electron chi connectivity index (χ0n) is 9.98. The topological polar surface area (TPSA) is 52.4 Å². The Hall–Kier alpha value is -1.66. The Bertz CT molecular complexity index is 666. The molecular weight excluding hydrogens is 353 g/mol. The van der Waals surface area contributed by atoms with Gasteiger partial charge >= 0.3 is 0 Å². The molecule has 2 aromatic carbocycles. The van der Waals surface area contributed by atoms with E-state index in [1.807, 2.05) is 0 Å². The summed E-state index contributed by atoms with van der Waals surface area (Å²) in [6.45, 7) is 0.126. The molecule has 0 N–H and O–H groups in total. The van der Waals surface area contributed by atoms with Gasteiger partial charge in [0.25, 0.3) is 5.69 Å². The SMILES string of the molecule is O=[N+]([O-])c1ccc(COc2ccc(F)cc2Br)c(Cl)c1. The molecule has 0 saturated heterocycles. The highest BCUT2D eigenvalue weighted by Gasteiger charge is 2.10. The zero-order valence-corrected chi connectivity index (χ0v) is 12.3. The van der Waals surface area contributed by atoms with E-state index in [2.05, 4.69) is 15.9 Å². The van der Waals surface area contributed by atoms with Crippen molar-refractivity contribution in [3.63, 3.8) is 0 Å². The third-order valence-corrected chi connectivity index (χ3v) is 3.50. The Morgan fingerprint density at radius 1 is 1.30 bits per heavy atom. The van der Waals surface area contributed by atoms with Gasteiger partial charge in [-0.25, -0.2) is 4.39 Å². The monoisotopic (exact) mass is 359 g/mol. The maximum absolute atomic E-state index is 12.9. The van der Waals surface area contributed by atoms with Crippen molar-refractivity contribution >= 4 is 33.2 Å². The lowest BCUT2D eigenvalue weighted by molar-refractivity contribution is -0.384. The third-order valence-electron chi connectivity index (χ3n) is 2.52. The van der Waals surface area contributed by atoms with E-state index in [-0.39, 0.29) is 23.1 Å². The first-order chi connectivity index (χ1) is 9.47. The van der Waals surface area contributed by atoms with Gasteiger partial charge in [-0.15, -0.1) is 0 Å². The second-order valence-corrected chi connectivity index (χ2v) is 5.16. The fourth-order valence-electron chi connectivity index (χ4n) is 1.51. The number of halogens is 3. The van der Waals surface area contributed by atoms with Crippen LogP contribution in [-0.2, 0) is 6.61 Å². The Balaban J connectivity index is 2.13. The van der Waals surface area contributed by atoms with E-state index in [0.29, 0.717) is 15.8 Å². The van der Waals surface area contributed by atoms with Gasteiger partial charge in [0, 0.05) is 17.7 Å². The van der Waals surface area contributed by atoms with Crippen LogP contribution in [0.1, 0.15) is 5.56 Å². The molecule has 104 valence electrons. The smallest absolute Gasteiger partial charge is 0.270 e. The number of hydrogen-bond donors (Lipinski definition) is 0. The lowest BCUT2D eigenvalue weighted by atomic mass is 10.2. The van der Waals surface area contributed by atoms with Crippen LogP contribution in [-0.4, -0.2) is 4.92 Å². The summed E-state index contributed by atoms with van der Waals surface area (Å²) in [5.41, 5.74) is 0.523. The van der Waals surface area contributed by atoms with Crippen LogP contribution in [0.25, 0.3) is 0 Å². The van der Waals surface area contributed by atoms with Crippen molar-refractivity contribution in [2.45, 2.75) is 6.61 Å². The summed E-state index contributed by atoms with van der Waals surface area (Å²) in [4.78, 5) is 10.1. The van der Waals surface area contributed by atoms with Gasteiger partial charge in [0.2, 0.25) is 0 Å². The van der Waals surface area contributed by atoms with Crippen LogP contribution in [0.3, 0.4) is 0 Å². The van der Waals surface area contributed by atoms with Gasteiger partial charge in [-0.3, -0.25) is 10.1 Å². The Morgan fingerprint density at radius 2 is 2.05 bits per heavy atom. The van der Waals surface area contributed by atoms with E-state index in [9.17, 15) is 14.5 Å². The molecule has 0 spiro atoms. The fraction of sp³-hybridized carbons (Fsp3) is 0.0769. The quantitative estimate of drug-likeness (QED) is 0.585. The van der Waals surface area contributed by atoms with Gasteiger partial charge in [0.05, 0.1) is 14.4 Å². The van der Waals surface area contributed by atoms with Crippen LogP contribution in [0.5, 0.6) is 5.75 Å². The van der Waals surface area contributed by atoms with Gasteiger partial charge < -0.3 is 4.74 Å². The van der Waals surface area contributed by atoms with Crippen LogP contribution < -0.4 is 4.74 Å². The van der Waals surface area contributed by atoms with E-state index >= 15 is 0 Å². The average molecular weight is 361 g/mol. The molecule has 0 aliphatic heterocycles. The maximum atomic E-state index is 12.9. The molecule has 0 radical (unpaired) electrons. The standard InChI is InChI=1S/C13H8BrClFNO3/c14-11-5-9(16)2-4-13(11)20-7-8-1-3-10(17(18)19)6-12(8)15/h1-6H,7H2. The number of ether oxygens (including phenoxy) is 1. The number of nitrogens with zero attached hydrogens (tertiary/aromatic N) is 1. The molecule has 0 saturated carbocycles. The summed E-state index contributed by atoms with van der Waals surface area (Å²) in [6, 6.07) is 8.19. The molecule has 0 amide bonds. The molecular formula is C13H8BrClFNO3. The van der Waals surface area contributed by atoms with Gasteiger partial charge in [0.1, 0.15) is 18.2 Å². The normalized spacial score (nSPS) is 10.3. The molecule has 0 aliphatic rings. The highest BCUT2D eigenvalue weighted by atomic mass is 79.9. The minimum atomic E-state index is -0.521. The van der Waals surface area contributed by atoms with Gasteiger partial charge in [-0.1, -0.05) is 11.6 Å². The highest BCUT2D eigenvalue weighted by Crippen LogP contribution is 2.28. The molecule has 0 heterocycles. The van der Waals surface area contributed by atoms with E-state index < -0.39 is 4.92 Å². The lowest BCUT2D eigenvalue weighted by Crippen LogP contribution is -1.98. The minimum Gasteiger partial charge on any atom is -0.488 e. The van der Waals surface area contributed by atoms with Crippen molar-refractivity contribution < 1.29 is 14.1 Å². The second kappa shape index (κ2) is 6.19. The molecule has 0 atom stereocenters. The maximum Gasteiger partial charge on any atom is 0.270 e. The van der Waals surface area contributed by atoms with Crippen molar-refractivity contribution in [1.29, 1.82) is 0 Å². The average Bonchev–Trinajstić information content (AvgIpc) is 2.38. The predicted molar refractivity (Wildman–Crippen MR) is 76.5 cm³/mol. The molecule has 0 aliphatic carbocycles. The van der Waals surface area contributed by atoms with E-state index in [1.54, 1.807) is 0 Å². The van der Waals surface area contributed by atoms with Gasteiger partial charge in [-0.05, 0) is 40.2 Å². The van der Waals surface area contributed by atoms with Gasteiger partial charge in [-0.2, -0.15) is 0 Å². The molecule has 0 unspecified atom stereocenters. The summed E-state index contributed by atoms with van der Waals surface area (Å²) in [6.07, 6.45) is 0. The zero-order chi connectivity index (χ0) is 14.7. The van der Waals surface area contributed by atoms with E-state index in [4.69, 9.17) is 16.3 Å². The first-order valence-corrected chi connectivity index (χ1v) is 6.65. The third kappa shape index (κ3) is 3.46. The number of hydrogen-bond acceptors (Lipinski definition) is 3. The van der Waals surface area contributed by atoms with Crippen molar-refractivity contribution in [3.8, 4) is 5.75 Å². The Morgan fingerprint density at radius 3 is 2.65 bits per heavy atom. The molecule has 0 fully saturated rings. The first-order valence-electron chi connectivity index (χ1n) is 5.48. The minimum absolute atomic E-state index is 0.0817. The molecule has 7 heteroatoms. The van der Waals surface area contributed by atoms with Crippen molar-refractivity contribution in [3.05, 3.63) is 67.4 Å². The van der Waals surface area contributed by atoms with E-state index in [1.165, 1.54) is 36.4 Å². The Labute approximate surface area is 127 Å². The molecule has 0 aromatic heterocycles. The summed E-state index contributed by atoms with van der Waals surface area (Å²) >= 11 is 9.13. The lowest BCUT2D eigenvalue weighted by Gasteiger charge is -2.09. The van der Waals surface area contributed by atoms with Crippen LogP contribution in [0.4, 0.5) is 10.1 Å². The molecule has 20 heavy (non-hydrogen) atoms. The summed E-state index contributed by atoms with van der Waals surface area (Å²) in [7, 11) is 0. The Kier molecular flexibility index (Phi) is 4.57. The summed E-state index contributed by atoms with van der Waals surface area (Å²) in [5.74, 6) is 0.0819. The second-order valence-electron chi connectivity index (χ2n) is 3.90. The van der Waals surface area contributed by atoms with Crippen LogP contribution in [0, 0.1) is 15.9 Å². The fourth-order valence-corrected chi connectivity index (χ4v) is 2.21. The number of nitro groups is 1. The first kappa shape index (κ1) is 14.7. The van der Waals surface area contributed by atoms with Gasteiger partial charge in [0.15, 0.2) is 0 Å². The number of rotatable bonds is 4. The number of benzene rings is 2. The van der Waals surface area contributed by atoms with Crippen LogP contribution >= 0.6 is 27.5 Å².